The monoisotopic (exact) mass is 260 g/mol. The standard InChI is InChI=1S/C13H16N4O2/c18-11-3-1-2-10(8-11)13-15-12(19-16-13)9-17-6-4-14-5-7-17/h1-3,8,14,18H,4-7,9H2. The number of benzene rings is 1. The van der Waals surface area contributed by atoms with E-state index in [4.69, 9.17) is 4.52 Å². The molecule has 1 saturated heterocycles. The van der Waals surface area contributed by atoms with Gasteiger partial charge in [-0.1, -0.05) is 17.3 Å². The molecule has 0 spiro atoms. The molecule has 2 aromatic rings. The smallest absolute Gasteiger partial charge is 0.241 e. The average Bonchev–Trinajstić information content (AvgIpc) is 2.88. The van der Waals surface area contributed by atoms with Crippen LogP contribution in [0.25, 0.3) is 11.4 Å². The maximum absolute atomic E-state index is 9.44. The molecule has 0 bridgehead atoms. The number of hydrogen-bond acceptors (Lipinski definition) is 6. The van der Waals surface area contributed by atoms with Crippen LogP contribution in [0, 0.1) is 0 Å². The summed E-state index contributed by atoms with van der Waals surface area (Å²) in [4.78, 5) is 6.64. The number of nitrogens with one attached hydrogen (secondary N) is 1. The summed E-state index contributed by atoms with van der Waals surface area (Å²) < 4.78 is 5.26. The molecular formula is C13H16N4O2. The molecule has 0 amide bonds. The van der Waals surface area contributed by atoms with Gasteiger partial charge in [0.15, 0.2) is 0 Å². The minimum atomic E-state index is 0.200. The van der Waals surface area contributed by atoms with Crippen LogP contribution in [0.4, 0.5) is 0 Å². The Kier molecular flexibility index (Phi) is 3.43. The fraction of sp³-hybridized carbons (Fsp3) is 0.385. The molecular weight excluding hydrogens is 244 g/mol. The van der Waals surface area contributed by atoms with Gasteiger partial charge in [-0.25, -0.2) is 0 Å². The summed E-state index contributed by atoms with van der Waals surface area (Å²) in [5, 5.41) is 16.7. The Labute approximate surface area is 111 Å². The zero-order chi connectivity index (χ0) is 13.1. The summed E-state index contributed by atoms with van der Waals surface area (Å²) >= 11 is 0. The first-order valence-corrected chi connectivity index (χ1v) is 6.36. The highest BCUT2D eigenvalue weighted by molar-refractivity contribution is 5.56. The maximum Gasteiger partial charge on any atom is 0.241 e. The van der Waals surface area contributed by atoms with Crippen molar-refractivity contribution in [2.75, 3.05) is 26.2 Å². The largest absolute Gasteiger partial charge is 0.508 e. The van der Waals surface area contributed by atoms with E-state index in [1.165, 1.54) is 0 Å². The Hall–Kier alpha value is -1.92. The van der Waals surface area contributed by atoms with E-state index < -0.39 is 0 Å². The van der Waals surface area contributed by atoms with E-state index in [2.05, 4.69) is 20.4 Å². The Morgan fingerprint density at radius 1 is 1.32 bits per heavy atom. The average molecular weight is 260 g/mol. The lowest BCUT2D eigenvalue weighted by Gasteiger charge is -2.25. The van der Waals surface area contributed by atoms with Crippen molar-refractivity contribution in [3.05, 3.63) is 30.2 Å². The summed E-state index contributed by atoms with van der Waals surface area (Å²) in [7, 11) is 0. The van der Waals surface area contributed by atoms with Crippen LogP contribution in [-0.4, -0.2) is 46.3 Å². The van der Waals surface area contributed by atoms with Gasteiger partial charge >= 0.3 is 0 Å². The Morgan fingerprint density at radius 3 is 2.95 bits per heavy atom. The molecule has 6 heteroatoms. The van der Waals surface area contributed by atoms with E-state index in [0.717, 1.165) is 31.7 Å². The predicted octanol–water partition coefficient (Wildman–Crippen LogP) is 0.847. The molecule has 100 valence electrons. The molecule has 0 atom stereocenters. The van der Waals surface area contributed by atoms with E-state index >= 15 is 0 Å². The molecule has 2 heterocycles. The zero-order valence-corrected chi connectivity index (χ0v) is 10.5. The first-order chi connectivity index (χ1) is 9.31. The van der Waals surface area contributed by atoms with Crippen LogP contribution in [0.5, 0.6) is 5.75 Å². The van der Waals surface area contributed by atoms with Crippen molar-refractivity contribution < 1.29 is 9.63 Å². The van der Waals surface area contributed by atoms with Gasteiger partial charge in [-0.05, 0) is 12.1 Å². The highest BCUT2D eigenvalue weighted by atomic mass is 16.5. The second-order valence-electron chi connectivity index (χ2n) is 4.59. The molecule has 1 aliphatic rings. The first-order valence-electron chi connectivity index (χ1n) is 6.36. The molecule has 0 radical (unpaired) electrons. The number of rotatable bonds is 3. The SMILES string of the molecule is Oc1cccc(-c2noc(CN3CCNCC3)n2)c1. The molecule has 2 N–H and O–H groups in total. The number of aromatic hydroxyl groups is 1. The molecule has 1 aromatic heterocycles. The molecule has 19 heavy (non-hydrogen) atoms. The van der Waals surface area contributed by atoms with Crippen molar-refractivity contribution in [2.24, 2.45) is 0 Å². The molecule has 3 rings (SSSR count). The maximum atomic E-state index is 9.44. The van der Waals surface area contributed by atoms with Crippen LogP contribution in [0.2, 0.25) is 0 Å². The van der Waals surface area contributed by atoms with Gasteiger partial charge in [0.25, 0.3) is 0 Å². The summed E-state index contributed by atoms with van der Waals surface area (Å²) in [5.74, 6) is 1.33. The number of phenolic OH excluding ortho intramolecular Hbond substituents is 1. The van der Waals surface area contributed by atoms with Crippen LogP contribution < -0.4 is 5.32 Å². The van der Waals surface area contributed by atoms with E-state index in [0.29, 0.717) is 18.3 Å². The number of piperazine rings is 1. The third kappa shape index (κ3) is 2.91. The lowest BCUT2D eigenvalue weighted by atomic mass is 10.2. The van der Waals surface area contributed by atoms with Gasteiger partial charge in [-0.15, -0.1) is 0 Å². The van der Waals surface area contributed by atoms with Crippen LogP contribution in [0.3, 0.4) is 0 Å². The van der Waals surface area contributed by atoms with Crippen molar-refractivity contribution >= 4 is 0 Å². The topological polar surface area (TPSA) is 74.4 Å². The zero-order valence-electron chi connectivity index (χ0n) is 10.5. The molecule has 0 saturated carbocycles. The fourth-order valence-electron chi connectivity index (χ4n) is 2.14. The molecule has 1 aliphatic heterocycles. The lowest BCUT2D eigenvalue weighted by molar-refractivity contribution is 0.203. The van der Waals surface area contributed by atoms with E-state index in [1.807, 2.05) is 6.07 Å². The van der Waals surface area contributed by atoms with E-state index in [-0.39, 0.29) is 5.75 Å². The summed E-state index contributed by atoms with van der Waals surface area (Å²) in [6.07, 6.45) is 0. The predicted molar refractivity (Wildman–Crippen MR) is 69.5 cm³/mol. The minimum absolute atomic E-state index is 0.200. The summed E-state index contributed by atoms with van der Waals surface area (Å²) in [6, 6.07) is 6.85. The minimum Gasteiger partial charge on any atom is -0.508 e. The van der Waals surface area contributed by atoms with Crippen molar-refractivity contribution in [1.82, 2.24) is 20.4 Å². The number of phenols is 1. The molecule has 1 fully saturated rings. The number of aromatic nitrogens is 2. The van der Waals surface area contributed by atoms with Gasteiger partial charge in [0.2, 0.25) is 11.7 Å². The second kappa shape index (κ2) is 5.38. The van der Waals surface area contributed by atoms with Gasteiger partial charge < -0.3 is 14.9 Å². The Morgan fingerprint density at radius 2 is 2.16 bits per heavy atom. The van der Waals surface area contributed by atoms with Crippen LogP contribution in [0.1, 0.15) is 5.89 Å². The Balaban J connectivity index is 1.72. The normalized spacial score (nSPS) is 16.6. The summed E-state index contributed by atoms with van der Waals surface area (Å²) in [6.45, 7) is 4.64. The van der Waals surface area contributed by atoms with E-state index in [9.17, 15) is 5.11 Å². The summed E-state index contributed by atoms with van der Waals surface area (Å²) in [5.41, 5.74) is 0.760. The quantitative estimate of drug-likeness (QED) is 0.852. The molecule has 0 unspecified atom stereocenters. The van der Waals surface area contributed by atoms with Crippen LogP contribution in [-0.2, 0) is 6.54 Å². The fourth-order valence-corrected chi connectivity index (χ4v) is 2.14. The molecule has 6 nitrogen and oxygen atoms in total. The first kappa shape index (κ1) is 12.1. The highest BCUT2D eigenvalue weighted by Crippen LogP contribution is 2.20. The number of nitrogens with zero attached hydrogens (tertiary/aromatic N) is 3. The molecule has 0 aliphatic carbocycles. The lowest BCUT2D eigenvalue weighted by Crippen LogP contribution is -2.42. The van der Waals surface area contributed by atoms with Gasteiger partial charge in [0.05, 0.1) is 6.54 Å². The third-order valence-electron chi connectivity index (χ3n) is 3.14. The third-order valence-corrected chi connectivity index (χ3v) is 3.14. The van der Waals surface area contributed by atoms with Crippen molar-refractivity contribution in [3.8, 4) is 17.1 Å². The van der Waals surface area contributed by atoms with Gasteiger partial charge in [-0.2, -0.15) is 4.98 Å². The van der Waals surface area contributed by atoms with Crippen molar-refractivity contribution in [3.63, 3.8) is 0 Å². The second-order valence-corrected chi connectivity index (χ2v) is 4.59. The Bertz CT molecular complexity index is 549. The van der Waals surface area contributed by atoms with Gasteiger partial charge in [0.1, 0.15) is 5.75 Å². The van der Waals surface area contributed by atoms with Crippen LogP contribution in [0.15, 0.2) is 28.8 Å². The van der Waals surface area contributed by atoms with Crippen molar-refractivity contribution in [2.45, 2.75) is 6.54 Å². The molecule has 1 aromatic carbocycles. The van der Waals surface area contributed by atoms with Crippen LogP contribution >= 0.6 is 0 Å². The highest BCUT2D eigenvalue weighted by Gasteiger charge is 2.15. The van der Waals surface area contributed by atoms with E-state index in [1.54, 1.807) is 18.2 Å². The van der Waals surface area contributed by atoms with Gasteiger partial charge in [0, 0.05) is 31.7 Å². The van der Waals surface area contributed by atoms with Gasteiger partial charge in [-0.3, -0.25) is 4.90 Å². The van der Waals surface area contributed by atoms with Crippen molar-refractivity contribution in [1.29, 1.82) is 0 Å². The number of hydrogen-bond donors (Lipinski definition) is 2.